The average molecular weight is 302 g/mol. The molecule has 0 aliphatic heterocycles. The first kappa shape index (κ1) is 16.0. The van der Waals surface area contributed by atoms with Gasteiger partial charge in [0.25, 0.3) is 0 Å². The van der Waals surface area contributed by atoms with Crippen molar-refractivity contribution in [2.45, 2.75) is 26.4 Å². The van der Waals surface area contributed by atoms with Crippen molar-refractivity contribution >= 4 is 11.8 Å². The summed E-state index contributed by atoms with van der Waals surface area (Å²) in [6.45, 7) is 3.84. The van der Waals surface area contributed by atoms with E-state index in [0.717, 1.165) is 12.0 Å². The molecule has 2 N–H and O–H groups in total. The van der Waals surface area contributed by atoms with Gasteiger partial charge < -0.3 is 10.1 Å². The predicted octanol–water partition coefficient (Wildman–Crippen LogP) is 2.41. The van der Waals surface area contributed by atoms with Crippen LogP contribution in [0.15, 0.2) is 36.5 Å². The quantitative estimate of drug-likeness (QED) is 0.825. The van der Waals surface area contributed by atoms with Crippen molar-refractivity contribution < 1.29 is 9.53 Å². The number of amides is 2. The first-order chi connectivity index (χ1) is 10.7. The van der Waals surface area contributed by atoms with Crippen LogP contribution in [0.1, 0.15) is 18.1 Å². The summed E-state index contributed by atoms with van der Waals surface area (Å²) in [5.41, 5.74) is 2.37. The van der Waals surface area contributed by atoms with Crippen LogP contribution in [0.3, 0.4) is 0 Å². The lowest BCUT2D eigenvalue weighted by Crippen LogP contribution is -2.28. The lowest BCUT2D eigenvalue weighted by molar-refractivity contribution is 0.183. The van der Waals surface area contributed by atoms with Gasteiger partial charge in [-0.15, -0.1) is 0 Å². The molecule has 0 atom stereocenters. The van der Waals surface area contributed by atoms with Gasteiger partial charge in [0.15, 0.2) is 5.82 Å². The topological polar surface area (TPSA) is 68.2 Å². The molecule has 2 amide bonds. The SMILES string of the molecule is CCc1ccccc1CNC(=O)Nc1ccn(CCOC)n1. The average Bonchev–Trinajstić information content (AvgIpc) is 2.98. The minimum atomic E-state index is -0.261. The van der Waals surface area contributed by atoms with E-state index in [4.69, 9.17) is 4.74 Å². The van der Waals surface area contributed by atoms with E-state index in [1.165, 1.54) is 5.56 Å². The molecular weight excluding hydrogens is 280 g/mol. The van der Waals surface area contributed by atoms with Crippen molar-refractivity contribution in [3.05, 3.63) is 47.7 Å². The molecule has 0 saturated carbocycles. The van der Waals surface area contributed by atoms with Crippen molar-refractivity contribution in [3.63, 3.8) is 0 Å². The summed E-state index contributed by atoms with van der Waals surface area (Å²) in [6.07, 6.45) is 2.75. The molecule has 0 bridgehead atoms. The Morgan fingerprint density at radius 3 is 2.77 bits per heavy atom. The Bertz CT molecular complexity index is 610. The largest absolute Gasteiger partial charge is 0.383 e. The molecule has 1 heterocycles. The molecule has 6 heteroatoms. The second kappa shape index (κ2) is 8.19. The van der Waals surface area contributed by atoms with Crippen molar-refractivity contribution in [1.29, 1.82) is 0 Å². The normalized spacial score (nSPS) is 10.5. The number of methoxy groups -OCH3 is 1. The van der Waals surface area contributed by atoms with Gasteiger partial charge in [-0.05, 0) is 17.5 Å². The fourth-order valence-corrected chi connectivity index (χ4v) is 2.15. The van der Waals surface area contributed by atoms with Gasteiger partial charge in [0.05, 0.1) is 13.2 Å². The van der Waals surface area contributed by atoms with E-state index in [9.17, 15) is 4.79 Å². The Hall–Kier alpha value is -2.34. The smallest absolute Gasteiger partial charge is 0.320 e. The highest BCUT2D eigenvalue weighted by Gasteiger charge is 2.06. The number of carbonyl (C=O) groups is 1. The van der Waals surface area contributed by atoms with Crippen LogP contribution in [0.4, 0.5) is 10.6 Å². The Kier molecular flexibility index (Phi) is 5.97. The number of nitrogens with one attached hydrogen (secondary N) is 2. The predicted molar refractivity (Wildman–Crippen MR) is 85.8 cm³/mol. The second-order valence-corrected chi connectivity index (χ2v) is 4.89. The number of hydrogen-bond donors (Lipinski definition) is 2. The highest BCUT2D eigenvalue weighted by atomic mass is 16.5. The number of aromatic nitrogens is 2. The Morgan fingerprint density at radius 1 is 1.27 bits per heavy atom. The first-order valence-corrected chi connectivity index (χ1v) is 7.37. The summed E-state index contributed by atoms with van der Waals surface area (Å²) in [5.74, 6) is 0.525. The third-order valence-corrected chi connectivity index (χ3v) is 3.35. The minimum Gasteiger partial charge on any atom is -0.383 e. The summed E-state index contributed by atoms with van der Waals surface area (Å²) in [7, 11) is 1.64. The van der Waals surface area contributed by atoms with Crippen LogP contribution in [0.2, 0.25) is 0 Å². The molecule has 0 aliphatic carbocycles. The zero-order valence-corrected chi connectivity index (χ0v) is 13.0. The van der Waals surface area contributed by atoms with Crippen LogP contribution in [-0.2, 0) is 24.2 Å². The van der Waals surface area contributed by atoms with Crippen LogP contribution in [0, 0.1) is 0 Å². The molecular formula is C16H22N4O2. The van der Waals surface area contributed by atoms with E-state index in [2.05, 4.69) is 28.7 Å². The molecule has 6 nitrogen and oxygen atoms in total. The third-order valence-electron chi connectivity index (χ3n) is 3.35. The maximum absolute atomic E-state index is 11.9. The summed E-state index contributed by atoms with van der Waals surface area (Å²) in [5, 5.41) is 9.82. The molecule has 0 radical (unpaired) electrons. The van der Waals surface area contributed by atoms with Crippen molar-refractivity contribution in [2.75, 3.05) is 19.0 Å². The van der Waals surface area contributed by atoms with E-state index in [1.54, 1.807) is 24.1 Å². The van der Waals surface area contributed by atoms with Crippen LogP contribution < -0.4 is 10.6 Å². The number of hydrogen-bond acceptors (Lipinski definition) is 3. The third kappa shape index (κ3) is 4.60. The maximum atomic E-state index is 11.9. The van der Waals surface area contributed by atoms with Crippen LogP contribution >= 0.6 is 0 Å². The molecule has 0 spiro atoms. The number of aryl methyl sites for hydroxylation is 1. The molecule has 1 aromatic carbocycles. The van der Waals surface area contributed by atoms with Crippen molar-refractivity contribution in [3.8, 4) is 0 Å². The molecule has 2 aromatic rings. The van der Waals surface area contributed by atoms with E-state index < -0.39 is 0 Å². The Morgan fingerprint density at radius 2 is 2.05 bits per heavy atom. The number of anilines is 1. The van der Waals surface area contributed by atoms with Crippen LogP contribution in [0.25, 0.3) is 0 Å². The summed E-state index contributed by atoms with van der Waals surface area (Å²) < 4.78 is 6.71. The Balaban J connectivity index is 1.84. The van der Waals surface area contributed by atoms with Gasteiger partial charge in [-0.2, -0.15) is 5.10 Å². The molecule has 0 aliphatic rings. The molecule has 1 aromatic heterocycles. The molecule has 0 unspecified atom stereocenters. The van der Waals surface area contributed by atoms with E-state index in [0.29, 0.717) is 25.5 Å². The van der Waals surface area contributed by atoms with Crippen LogP contribution in [0.5, 0.6) is 0 Å². The molecule has 22 heavy (non-hydrogen) atoms. The zero-order valence-electron chi connectivity index (χ0n) is 13.0. The Labute approximate surface area is 130 Å². The fourth-order valence-electron chi connectivity index (χ4n) is 2.15. The standard InChI is InChI=1S/C16H22N4O2/c1-3-13-6-4-5-7-14(13)12-17-16(21)18-15-8-9-20(19-15)10-11-22-2/h4-9H,3,10-12H2,1-2H3,(H2,17,18,19,21). The number of rotatable bonds is 7. The van der Waals surface area contributed by atoms with Crippen molar-refractivity contribution in [1.82, 2.24) is 15.1 Å². The van der Waals surface area contributed by atoms with Gasteiger partial charge in [-0.25, -0.2) is 4.79 Å². The second-order valence-electron chi connectivity index (χ2n) is 4.89. The summed E-state index contributed by atoms with van der Waals surface area (Å²) in [6, 6.07) is 9.59. The fraction of sp³-hybridized carbons (Fsp3) is 0.375. The van der Waals surface area contributed by atoms with Gasteiger partial charge in [-0.3, -0.25) is 10.00 Å². The number of urea groups is 1. The van der Waals surface area contributed by atoms with Gasteiger partial charge in [0.1, 0.15) is 0 Å². The van der Waals surface area contributed by atoms with E-state index >= 15 is 0 Å². The lowest BCUT2D eigenvalue weighted by Gasteiger charge is -2.09. The summed E-state index contributed by atoms with van der Waals surface area (Å²) in [4.78, 5) is 11.9. The molecule has 2 rings (SSSR count). The van der Waals surface area contributed by atoms with Gasteiger partial charge >= 0.3 is 6.03 Å². The zero-order chi connectivity index (χ0) is 15.8. The molecule has 0 fully saturated rings. The van der Waals surface area contributed by atoms with Gasteiger partial charge in [-0.1, -0.05) is 31.2 Å². The highest BCUT2D eigenvalue weighted by Crippen LogP contribution is 2.09. The van der Waals surface area contributed by atoms with E-state index in [1.807, 2.05) is 18.2 Å². The van der Waals surface area contributed by atoms with Gasteiger partial charge in [0.2, 0.25) is 0 Å². The number of nitrogens with zero attached hydrogens (tertiary/aromatic N) is 2. The highest BCUT2D eigenvalue weighted by molar-refractivity contribution is 5.88. The van der Waals surface area contributed by atoms with Crippen LogP contribution in [-0.4, -0.2) is 29.5 Å². The minimum absolute atomic E-state index is 0.261. The molecule has 118 valence electrons. The lowest BCUT2D eigenvalue weighted by atomic mass is 10.1. The first-order valence-electron chi connectivity index (χ1n) is 7.37. The maximum Gasteiger partial charge on any atom is 0.320 e. The van der Waals surface area contributed by atoms with Crippen molar-refractivity contribution in [2.24, 2.45) is 0 Å². The van der Waals surface area contributed by atoms with Gasteiger partial charge in [0, 0.05) is 25.9 Å². The van der Waals surface area contributed by atoms with E-state index in [-0.39, 0.29) is 6.03 Å². The number of ether oxygens (including phenoxy) is 1. The number of carbonyl (C=O) groups excluding carboxylic acids is 1. The monoisotopic (exact) mass is 302 g/mol. The summed E-state index contributed by atoms with van der Waals surface area (Å²) >= 11 is 0. The molecule has 0 saturated heterocycles. The number of benzene rings is 1.